The first kappa shape index (κ1) is 17.2. The lowest BCUT2D eigenvalue weighted by atomic mass is 10.1. The Morgan fingerprint density at radius 1 is 1.16 bits per heavy atom. The van der Waals surface area contributed by atoms with Gasteiger partial charge in [0.1, 0.15) is 6.54 Å². The Balaban J connectivity index is 1.73. The molecule has 0 saturated heterocycles. The molecule has 1 aromatic carbocycles. The number of hydrogen-bond donors (Lipinski definition) is 0. The van der Waals surface area contributed by atoms with Crippen LogP contribution in [0.25, 0.3) is 0 Å². The highest BCUT2D eigenvalue weighted by Crippen LogP contribution is 2.11. The lowest BCUT2D eigenvalue weighted by Gasteiger charge is -2.05. The standard InChI is InChI=1S/C17H17ClN4O3/c1-11-9-21(2)17(24)22(16(11)23)10-15-19-14(20-25-15)8-5-12-3-6-13(18)7-4-12/h3-4,6-7,9H,5,8,10H2,1-2H3. The molecular formula is C17H17ClN4O3. The molecule has 2 heterocycles. The fraction of sp³-hybridized carbons (Fsp3) is 0.294. The summed E-state index contributed by atoms with van der Waals surface area (Å²) in [7, 11) is 1.59. The Hall–Kier alpha value is -2.67. The van der Waals surface area contributed by atoms with E-state index in [1.165, 1.54) is 10.8 Å². The van der Waals surface area contributed by atoms with Crippen LogP contribution in [0.5, 0.6) is 0 Å². The van der Waals surface area contributed by atoms with Gasteiger partial charge in [0.2, 0.25) is 5.89 Å². The lowest BCUT2D eigenvalue weighted by molar-refractivity contribution is 0.361. The topological polar surface area (TPSA) is 82.9 Å². The Morgan fingerprint density at radius 3 is 2.60 bits per heavy atom. The Morgan fingerprint density at radius 2 is 1.88 bits per heavy atom. The maximum absolute atomic E-state index is 12.1. The van der Waals surface area contributed by atoms with E-state index in [0.717, 1.165) is 16.6 Å². The van der Waals surface area contributed by atoms with E-state index in [0.29, 0.717) is 22.8 Å². The van der Waals surface area contributed by atoms with E-state index in [1.807, 2.05) is 24.3 Å². The van der Waals surface area contributed by atoms with E-state index in [1.54, 1.807) is 14.0 Å². The third-order valence-corrected chi connectivity index (χ3v) is 4.11. The van der Waals surface area contributed by atoms with E-state index in [2.05, 4.69) is 10.1 Å². The van der Waals surface area contributed by atoms with E-state index in [9.17, 15) is 9.59 Å². The predicted molar refractivity (Wildman–Crippen MR) is 92.9 cm³/mol. The van der Waals surface area contributed by atoms with Crippen LogP contribution in [0.15, 0.2) is 44.6 Å². The maximum Gasteiger partial charge on any atom is 0.331 e. The fourth-order valence-electron chi connectivity index (χ4n) is 2.53. The molecule has 0 atom stereocenters. The van der Waals surface area contributed by atoms with Crippen molar-refractivity contribution in [1.29, 1.82) is 0 Å². The van der Waals surface area contributed by atoms with Crippen LogP contribution in [0.3, 0.4) is 0 Å². The van der Waals surface area contributed by atoms with E-state index in [4.69, 9.17) is 16.1 Å². The van der Waals surface area contributed by atoms with Crippen molar-refractivity contribution in [3.63, 3.8) is 0 Å². The summed E-state index contributed by atoms with van der Waals surface area (Å²) < 4.78 is 7.62. The molecule has 0 aliphatic rings. The summed E-state index contributed by atoms with van der Waals surface area (Å²) in [6, 6.07) is 7.55. The number of benzene rings is 1. The van der Waals surface area contributed by atoms with E-state index < -0.39 is 5.69 Å². The van der Waals surface area contributed by atoms with Gasteiger partial charge in [0.25, 0.3) is 5.56 Å². The van der Waals surface area contributed by atoms with Crippen molar-refractivity contribution in [3.8, 4) is 0 Å². The summed E-state index contributed by atoms with van der Waals surface area (Å²) in [5.41, 5.74) is 0.810. The van der Waals surface area contributed by atoms with Gasteiger partial charge in [0, 0.05) is 30.3 Å². The number of aromatic nitrogens is 4. The van der Waals surface area contributed by atoms with Crippen LogP contribution in [0, 0.1) is 6.92 Å². The van der Waals surface area contributed by atoms with Gasteiger partial charge in [0.05, 0.1) is 0 Å². The Labute approximate surface area is 148 Å². The molecule has 0 N–H and O–H groups in total. The minimum atomic E-state index is -0.420. The average molecular weight is 361 g/mol. The first-order valence-corrected chi connectivity index (χ1v) is 8.15. The monoisotopic (exact) mass is 360 g/mol. The second-order valence-electron chi connectivity index (χ2n) is 5.83. The van der Waals surface area contributed by atoms with Crippen LogP contribution in [-0.2, 0) is 26.4 Å². The number of nitrogens with zero attached hydrogens (tertiary/aromatic N) is 4. The molecule has 0 amide bonds. The van der Waals surface area contributed by atoms with Gasteiger partial charge in [-0.05, 0) is 31.0 Å². The summed E-state index contributed by atoms with van der Waals surface area (Å²) >= 11 is 5.86. The van der Waals surface area contributed by atoms with Gasteiger partial charge in [-0.25, -0.2) is 4.79 Å². The zero-order valence-electron chi connectivity index (χ0n) is 13.9. The molecule has 8 heteroatoms. The first-order chi connectivity index (χ1) is 11.9. The van der Waals surface area contributed by atoms with E-state index in [-0.39, 0.29) is 18.0 Å². The molecule has 0 fully saturated rings. The second kappa shape index (κ2) is 7.06. The van der Waals surface area contributed by atoms with Crippen molar-refractivity contribution < 1.29 is 4.52 Å². The van der Waals surface area contributed by atoms with Crippen molar-refractivity contribution in [3.05, 3.63) is 79.2 Å². The summed E-state index contributed by atoms with van der Waals surface area (Å²) in [4.78, 5) is 28.5. The minimum Gasteiger partial charge on any atom is -0.337 e. The molecule has 0 radical (unpaired) electrons. The highest BCUT2D eigenvalue weighted by atomic mass is 35.5. The summed E-state index contributed by atoms with van der Waals surface area (Å²) in [6.45, 7) is 1.62. The second-order valence-corrected chi connectivity index (χ2v) is 6.26. The maximum atomic E-state index is 12.1. The first-order valence-electron chi connectivity index (χ1n) is 7.77. The smallest absolute Gasteiger partial charge is 0.331 e. The van der Waals surface area contributed by atoms with Gasteiger partial charge in [-0.2, -0.15) is 4.98 Å². The summed E-state index contributed by atoms with van der Waals surface area (Å²) in [5, 5.41) is 4.60. The highest BCUT2D eigenvalue weighted by molar-refractivity contribution is 6.30. The number of halogens is 1. The van der Waals surface area contributed by atoms with Crippen LogP contribution in [0.1, 0.15) is 22.8 Å². The van der Waals surface area contributed by atoms with Gasteiger partial charge in [-0.15, -0.1) is 0 Å². The van der Waals surface area contributed by atoms with Crippen molar-refractivity contribution >= 4 is 11.6 Å². The zero-order chi connectivity index (χ0) is 18.0. The van der Waals surface area contributed by atoms with Gasteiger partial charge in [0.15, 0.2) is 5.82 Å². The normalized spacial score (nSPS) is 11.0. The number of hydrogen-bond acceptors (Lipinski definition) is 5. The van der Waals surface area contributed by atoms with Crippen LogP contribution in [0.2, 0.25) is 5.02 Å². The van der Waals surface area contributed by atoms with Gasteiger partial charge in [-0.3, -0.25) is 9.36 Å². The molecular weight excluding hydrogens is 344 g/mol. The van der Waals surface area contributed by atoms with Gasteiger partial charge >= 0.3 is 5.69 Å². The SMILES string of the molecule is Cc1cn(C)c(=O)n(Cc2nc(CCc3ccc(Cl)cc3)no2)c1=O. The van der Waals surface area contributed by atoms with Crippen molar-refractivity contribution in [2.24, 2.45) is 7.05 Å². The van der Waals surface area contributed by atoms with Crippen molar-refractivity contribution in [2.45, 2.75) is 26.3 Å². The molecule has 25 heavy (non-hydrogen) atoms. The molecule has 0 bridgehead atoms. The van der Waals surface area contributed by atoms with Crippen molar-refractivity contribution in [1.82, 2.24) is 19.3 Å². The third-order valence-electron chi connectivity index (χ3n) is 3.86. The molecule has 0 spiro atoms. The molecule has 3 rings (SSSR count). The zero-order valence-corrected chi connectivity index (χ0v) is 14.7. The lowest BCUT2D eigenvalue weighted by Crippen LogP contribution is -2.40. The fourth-order valence-corrected chi connectivity index (χ4v) is 2.65. The average Bonchev–Trinajstić information content (AvgIpc) is 3.04. The molecule has 3 aromatic rings. The molecule has 0 saturated carbocycles. The largest absolute Gasteiger partial charge is 0.337 e. The van der Waals surface area contributed by atoms with Gasteiger partial charge in [-0.1, -0.05) is 28.9 Å². The predicted octanol–water partition coefficient (Wildman–Crippen LogP) is 1.73. The van der Waals surface area contributed by atoms with Crippen LogP contribution >= 0.6 is 11.6 Å². The van der Waals surface area contributed by atoms with Crippen molar-refractivity contribution in [2.75, 3.05) is 0 Å². The quantitative estimate of drug-likeness (QED) is 0.692. The number of rotatable bonds is 5. The van der Waals surface area contributed by atoms with E-state index >= 15 is 0 Å². The van der Waals surface area contributed by atoms with Gasteiger partial charge < -0.3 is 9.09 Å². The Bertz CT molecular complexity index is 968. The molecule has 7 nitrogen and oxygen atoms in total. The molecule has 0 unspecified atom stereocenters. The third kappa shape index (κ3) is 3.88. The Kier molecular flexibility index (Phi) is 4.85. The van der Waals surface area contributed by atoms with Crippen LogP contribution < -0.4 is 11.2 Å². The number of aryl methyl sites for hydroxylation is 4. The molecule has 130 valence electrons. The minimum absolute atomic E-state index is 0.0405. The highest BCUT2D eigenvalue weighted by Gasteiger charge is 2.12. The van der Waals surface area contributed by atoms with Crippen LogP contribution in [0.4, 0.5) is 0 Å². The molecule has 0 aliphatic heterocycles. The molecule has 2 aromatic heterocycles. The summed E-state index contributed by atoms with van der Waals surface area (Å²) in [5.74, 6) is 0.762. The van der Waals surface area contributed by atoms with Crippen LogP contribution in [-0.4, -0.2) is 19.3 Å². The molecule has 0 aliphatic carbocycles. The summed E-state index contributed by atoms with van der Waals surface area (Å²) in [6.07, 6.45) is 2.83.